The van der Waals surface area contributed by atoms with Crippen LogP contribution in [0, 0.1) is 0 Å². The van der Waals surface area contributed by atoms with Gasteiger partial charge >= 0.3 is 6.03 Å². The molecule has 0 radical (unpaired) electrons. The SMILES string of the molecule is C=C1C=NN(c2cc(Cl)c(Oc3ccc4c(c3)CCN(Cc3cccnn3)C4=O)c(Cl)c2)C(=O)N1. The molecule has 2 aliphatic rings. The van der Waals surface area contributed by atoms with Crippen LogP contribution >= 0.6 is 23.2 Å². The lowest BCUT2D eigenvalue weighted by molar-refractivity contribution is 0.0724. The number of fused-ring (bicyclic) bond motifs is 1. The highest BCUT2D eigenvalue weighted by Gasteiger charge is 2.26. The van der Waals surface area contributed by atoms with Gasteiger partial charge in [0.25, 0.3) is 5.91 Å². The summed E-state index contributed by atoms with van der Waals surface area (Å²) in [6, 6.07) is 11.4. The van der Waals surface area contributed by atoms with Gasteiger partial charge in [-0.05, 0) is 54.4 Å². The van der Waals surface area contributed by atoms with Crippen molar-refractivity contribution in [3.63, 3.8) is 0 Å². The van der Waals surface area contributed by atoms with Gasteiger partial charge in [-0.1, -0.05) is 29.8 Å². The van der Waals surface area contributed by atoms with Crippen molar-refractivity contribution < 1.29 is 14.3 Å². The molecule has 176 valence electrons. The van der Waals surface area contributed by atoms with Crippen molar-refractivity contribution in [2.75, 3.05) is 11.6 Å². The molecular formula is C24H18Cl2N6O3. The van der Waals surface area contributed by atoms with Gasteiger partial charge in [0.1, 0.15) is 5.75 Å². The molecule has 0 saturated heterocycles. The molecule has 0 unspecified atom stereocenters. The molecule has 0 spiro atoms. The highest BCUT2D eigenvalue weighted by atomic mass is 35.5. The molecule has 1 aromatic heterocycles. The van der Waals surface area contributed by atoms with Gasteiger partial charge in [0.15, 0.2) is 5.75 Å². The fourth-order valence-corrected chi connectivity index (χ4v) is 4.36. The van der Waals surface area contributed by atoms with Crippen LogP contribution in [0.3, 0.4) is 0 Å². The minimum absolute atomic E-state index is 0.0769. The number of rotatable bonds is 5. The number of ether oxygens (including phenoxy) is 1. The second-order valence-electron chi connectivity index (χ2n) is 7.86. The van der Waals surface area contributed by atoms with E-state index in [1.165, 1.54) is 18.3 Å². The van der Waals surface area contributed by atoms with Crippen molar-refractivity contribution in [2.45, 2.75) is 13.0 Å². The molecule has 1 N–H and O–H groups in total. The number of hydrazone groups is 1. The molecule has 0 aliphatic carbocycles. The summed E-state index contributed by atoms with van der Waals surface area (Å²) in [5.74, 6) is 0.640. The molecule has 3 aromatic rings. The summed E-state index contributed by atoms with van der Waals surface area (Å²) in [5, 5.41) is 16.0. The van der Waals surface area contributed by atoms with E-state index in [1.807, 2.05) is 6.07 Å². The van der Waals surface area contributed by atoms with Gasteiger partial charge in [0.05, 0.1) is 39.9 Å². The number of nitrogens with one attached hydrogen (secondary N) is 1. The fraction of sp³-hybridized carbons (Fsp3) is 0.125. The molecule has 35 heavy (non-hydrogen) atoms. The quantitative estimate of drug-likeness (QED) is 0.533. The molecule has 0 fully saturated rings. The van der Waals surface area contributed by atoms with Crippen LogP contribution in [0.5, 0.6) is 11.5 Å². The van der Waals surface area contributed by atoms with Crippen molar-refractivity contribution in [1.82, 2.24) is 20.4 Å². The van der Waals surface area contributed by atoms with Crippen LogP contribution in [0.25, 0.3) is 0 Å². The maximum atomic E-state index is 13.0. The Balaban J connectivity index is 1.34. The van der Waals surface area contributed by atoms with E-state index in [4.69, 9.17) is 27.9 Å². The number of carbonyl (C=O) groups is 2. The molecule has 9 nitrogen and oxygen atoms in total. The average Bonchev–Trinajstić information content (AvgIpc) is 2.84. The average molecular weight is 509 g/mol. The number of benzene rings is 2. The van der Waals surface area contributed by atoms with Crippen LogP contribution in [-0.4, -0.2) is 39.8 Å². The van der Waals surface area contributed by atoms with Crippen LogP contribution in [0.1, 0.15) is 21.6 Å². The number of urea groups is 1. The predicted molar refractivity (Wildman–Crippen MR) is 132 cm³/mol. The summed E-state index contributed by atoms with van der Waals surface area (Å²) < 4.78 is 5.97. The lowest BCUT2D eigenvalue weighted by Crippen LogP contribution is -2.40. The third-order valence-corrected chi connectivity index (χ3v) is 6.02. The molecule has 2 aliphatic heterocycles. The third-order valence-electron chi connectivity index (χ3n) is 5.46. The lowest BCUT2D eigenvalue weighted by atomic mass is 9.98. The Labute approximate surface area is 210 Å². The van der Waals surface area contributed by atoms with Gasteiger partial charge in [-0.15, -0.1) is 0 Å². The monoisotopic (exact) mass is 508 g/mol. The van der Waals surface area contributed by atoms with Crippen molar-refractivity contribution in [3.05, 3.63) is 87.8 Å². The number of carbonyl (C=O) groups excluding carboxylic acids is 2. The molecule has 0 atom stereocenters. The molecule has 3 heterocycles. The summed E-state index contributed by atoms with van der Waals surface area (Å²) in [6.07, 6.45) is 3.67. The van der Waals surface area contributed by atoms with Crippen molar-refractivity contribution in [2.24, 2.45) is 5.10 Å². The Morgan fingerprint density at radius 2 is 1.91 bits per heavy atom. The zero-order valence-corrected chi connectivity index (χ0v) is 19.8. The summed E-state index contributed by atoms with van der Waals surface area (Å²) >= 11 is 12.9. The Kier molecular flexibility index (Phi) is 6.10. The van der Waals surface area contributed by atoms with Crippen LogP contribution in [0.2, 0.25) is 10.0 Å². The minimum atomic E-state index is -0.481. The number of hydrogen-bond donors (Lipinski definition) is 1. The largest absolute Gasteiger partial charge is 0.454 e. The Hall–Kier alpha value is -3.95. The number of hydrogen-bond acceptors (Lipinski definition) is 6. The van der Waals surface area contributed by atoms with E-state index in [0.717, 1.165) is 16.3 Å². The Morgan fingerprint density at radius 3 is 2.63 bits per heavy atom. The van der Waals surface area contributed by atoms with Gasteiger partial charge in [0.2, 0.25) is 0 Å². The number of anilines is 1. The first-order chi connectivity index (χ1) is 16.9. The molecular weight excluding hydrogens is 491 g/mol. The topological polar surface area (TPSA) is 100 Å². The highest BCUT2D eigenvalue weighted by Crippen LogP contribution is 2.40. The molecule has 0 saturated carbocycles. The molecule has 5 rings (SSSR count). The van der Waals surface area contributed by atoms with Crippen molar-refractivity contribution in [3.8, 4) is 11.5 Å². The van der Waals surface area contributed by atoms with Gasteiger partial charge < -0.3 is 15.0 Å². The van der Waals surface area contributed by atoms with Crippen LogP contribution in [-0.2, 0) is 13.0 Å². The summed E-state index contributed by atoms with van der Waals surface area (Å²) in [7, 11) is 0. The molecule has 11 heteroatoms. The maximum absolute atomic E-state index is 13.0. The van der Waals surface area contributed by atoms with E-state index in [2.05, 4.69) is 27.2 Å². The number of allylic oxidation sites excluding steroid dienone is 1. The fourth-order valence-electron chi connectivity index (χ4n) is 3.81. The normalized spacial score (nSPS) is 15.2. The van der Waals surface area contributed by atoms with E-state index < -0.39 is 6.03 Å². The zero-order valence-electron chi connectivity index (χ0n) is 18.2. The van der Waals surface area contributed by atoms with E-state index in [-0.39, 0.29) is 21.7 Å². The third kappa shape index (κ3) is 4.68. The molecule has 3 amide bonds. The predicted octanol–water partition coefficient (Wildman–Crippen LogP) is 4.80. The number of aromatic nitrogens is 2. The van der Waals surface area contributed by atoms with Gasteiger partial charge in [-0.2, -0.15) is 20.3 Å². The van der Waals surface area contributed by atoms with Crippen molar-refractivity contribution in [1.29, 1.82) is 0 Å². The Bertz CT molecular complexity index is 1360. The van der Waals surface area contributed by atoms with E-state index in [9.17, 15) is 9.59 Å². The second kappa shape index (κ2) is 9.36. The van der Waals surface area contributed by atoms with Crippen LogP contribution in [0.15, 0.2) is 66.0 Å². The highest BCUT2D eigenvalue weighted by molar-refractivity contribution is 6.37. The summed E-state index contributed by atoms with van der Waals surface area (Å²) in [6.45, 7) is 4.58. The standard InChI is InChI=1S/C24H18Cl2N6O3/c1-14-12-28-32(24(34)29-14)17-10-20(25)22(21(26)11-17)35-18-4-5-19-15(9-18)6-8-31(23(19)33)13-16-3-2-7-27-30-16/h2-5,7,9-12H,1,6,8,13H2,(H,29,34). The number of amides is 3. The number of nitrogens with zero attached hydrogens (tertiary/aromatic N) is 5. The van der Waals surface area contributed by atoms with Gasteiger partial charge in [-0.25, -0.2) is 4.79 Å². The maximum Gasteiger partial charge on any atom is 0.347 e. The Morgan fingerprint density at radius 1 is 1.11 bits per heavy atom. The second-order valence-corrected chi connectivity index (χ2v) is 8.68. The first-order valence-electron chi connectivity index (χ1n) is 10.6. The van der Waals surface area contributed by atoms with E-state index in [0.29, 0.717) is 42.2 Å². The molecule has 2 aromatic carbocycles. The summed E-state index contributed by atoms with van der Waals surface area (Å²) in [5.41, 5.74) is 2.95. The van der Waals surface area contributed by atoms with E-state index in [1.54, 1.807) is 35.4 Å². The number of halogens is 2. The zero-order chi connectivity index (χ0) is 24.5. The van der Waals surface area contributed by atoms with Gasteiger partial charge in [0, 0.05) is 18.3 Å². The smallest absolute Gasteiger partial charge is 0.347 e. The molecule has 0 bridgehead atoms. The van der Waals surface area contributed by atoms with E-state index >= 15 is 0 Å². The minimum Gasteiger partial charge on any atom is -0.454 e. The first-order valence-corrected chi connectivity index (χ1v) is 11.3. The van der Waals surface area contributed by atoms with Crippen molar-refractivity contribution >= 4 is 47.0 Å². The first kappa shape index (κ1) is 22.8. The lowest BCUT2D eigenvalue weighted by Gasteiger charge is -2.28. The van der Waals surface area contributed by atoms with Crippen LogP contribution in [0.4, 0.5) is 10.5 Å². The summed E-state index contributed by atoms with van der Waals surface area (Å²) in [4.78, 5) is 26.9. The van der Waals surface area contributed by atoms with Gasteiger partial charge in [-0.3, -0.25) is 4.79 Å². The van der Waals surface area contributed by atoms with Crippen LogP contribution < -0.4 is 15.1 Å².